The van der Waals surface area contributed by atoms with Gasteiger partial charge in [0, 0.05) is 0 Å². The van der Waals surface area contributed by atoms with E-state index in [4.69, 9.17) is 42.1 Å². The molecule has 2 aliphatic heterocycles. The highest BCUT2D eigenvalue weighted by atomic mass is 32.2. The summed E-state index contributed by atoms with van der Waals surface area (Å²) >= 11 is 0. The van der Waals surface area contributed by atoms with Crippen LogP contribution in [0.25, 0.3) is 0 Å². The van der Waals surface area contributed by atoms with Gasteiger partial charge in [0.15, 0.2) is 18.7 Å². The zero-order valence-corrected chi connectivity index (χ0v) is 35.7. The topological polar surface area (TPSA) is 137 Å². The van der Waals surface area contributed by atoms with E-state index in [1.165, 1.54) is 0 Å². The molecule has 0 unspecified atom stereocenters. The van der Waals surface area contributed by atoms with Crippen LogP contribution in [0, 0.1) is 0 Å². The summed E-state index contributed by atoms with van der Waals surface area (Å²) in [5, 5.41) is 11.6. The third-order valence-corrected chi connectivity index (χ3v) is 11.7. The molecule has 5 aromatic rings. The maximum atomic E-state index is 14.3. The Balaban J connectivity index is 1.27. The van der Waals surface area contributed by atoms with Crippen LogP contribution in [0.1, 0.15) is 34.7 Å². The molecule has 2 saturated heterocycles. The molecule has 0 aliphatic carbocycles. The Kier molecular flexibility index (Phi) is 16.7. The van der Waals surface area contributed by atoms with Crippen LogP contribution in [0.15, 0.2) is 152 Å². The van der Waals surface area contributed by atoms with Crippen molar-refractivity contribution in [1.82, 2.24) is 0 Å². The van der Waals surface area contributed by atoms with Gasteiger partial charge in [-0.05, 0) is 34.7 Å². The van der Waals surface area contributed by atoms with Gasteiger partial charge < -0.3 is 43.0 Å². The highest BCUT2D eigenvalue weighted by molar-refractivity contribution is 7.87. The number of benzene rings is 5. The molecule has 0 aromatic heterocycles. The van der Waals surface area contributed by atoms with E-state index >= 15 is 0 Å². The van der Waals surface area contributed by atoms with Crippen molar-refractivity contribution < 1.29 is 68.8 Å². The molecule has 10 atom stereocenters. The van der Waals surface area contributed by atoms with Crippen molar-refractivity contribution in [2.45, 2.75) is 107 Å². The van der Waals surface area contributed by atoms with Crippen LogP contribution < -0.4 is 0 Å². The molecule has 7 rings (SSSR count). The maximum absolute atomic E-state index is 14.3. The van der Waals surface area contributed by atoms with E-state index < -0.39 is 77.0 Å². The molecule has 2 fully saturated rings. The fraction of sp³-hybridized carbons (Fsp3) is 0.375. The molecular weight excluding hydrogens is 858 g/mol. The summed E-state index contributed by atoms with van der Waals surface area (Å²) < 4.78 is 125. The van der Waals surface area contributed by atoms with E-state index in [0.29, 0.717) is 11.1 Å². The average Bonchev–Trinajstić information content (AvgIpc) is 3.30. The summed E-state index contributed by atoms with van der Waals surface area (Å²) in [7, 11) is -6.36. The van der Waals surface area contributed by atoms with E-state index in [1.54, 1.807) is 61.5 Å². The van der Waals surface area contributed by atoms with E-state index in [9.17, 15) is 26.7 Å². The zero-order chi connectivity index (χ0) is 44.9. The van der Waals surface area contributed by atoms with Crippen LogP contribution in [0.5, 0.6) is 0 Å². The molecule has 0 spiro atoms. The first-order valence-corrected chi connectivity index (χ1v) is 22.2. The Labute approximate surface area is 370 Å². The number of hydrogen-bond acceptors (Lipinski definition) is 12. The lowest BCUT2D eigenvalue weighted by Gasteiger charge is -2.49. The lowest BCUT2D eigenvalue weighted by atomic mass is 9.96. The summed E-state index contributed by atoms with van der Waals surface area (Å²) in [6, 6.07) is 45.4. The summed E-state index contributed by atoms with van der Waals surface area (Å²) in [5.74, 6) is 0. The molecule has 16 heteroatoms. The van der Waals surface area contributed by atoms with Crippen molar-refractivity contribution >= 4 is 10.1 Å². The lowest BCUT2D eigenvalue weighted by molar-refractivity contribution is -0.369. The molecule has 5 aromatic carbocycles. The molecule has 0 amide bonds. The van der Waals surface area contributed by atoms with E-state index in [0.717, 1.165) is 16.7 Å². The minimum atomic E-state index is -6.36. The Hall–Kier alpha value is -4.56. The zero-order valence-electron chi connectivity index (χ0n) is 34.9. The molecule has 2 aliphatic rings. The highest BCUT2D eigenvalue weighted by Crippen LogP contribution is 2.38. The normalized spacial score (nSPS) is 26.4. The van der Waals surface area contributed by atoms with Gasteiger partial charge in [-0.1, -0.05) is 152 Å². The van der Waals surface area contributed by atoms with Gasteiger partial charge in [0.1, 0.15) is 36.6 Å². The van der Waals surface area contributed by atoms with Gasteiger partial charge in [-0.15, -0.1) is 0 Å². The Morgan fingerprint density at radius 3 is 1.31 bits per heavy atom. The van der Waals surface area contributed by atoms with Crippen LogP contribution in [0.3, 0.4) is 0 Å². The first-order valence-electron chi connectivity index (χ1n) is 20.8. The molecule has 0 saturated carbocycles. The molecular formula is C48H51F3O12S. The van der Waals surface area contributed by atoms with Gasteiger partial charge >= 0.3 is 15.6 Å². The first-order chi connectivity index (χ1) is 30.9. The Morgan fingerprint density at radius 1 is 0.516 bits per heavy atom. The minimum absolute atomic E-state index is 0.00191. The van der Waals surface area contributed by atoms with E-state index in [-0.39, 0.29) is 39.6 Å². The molecule has 64 heavy (non-hydrogen) atoms. The smallest absolute Gasteiger partial charge is 0.374 e. The predicted molar refractivity (Wildman–Crippen MR) is 226 cm³/mol. The number of aliphatic hydroxyl groups excluding tert-OH is 1. The van der Waals surface area contributed by atoms with Gasteiger partial charge in [0.2, 0.25) is 0 Å². The first kappa shape index (κ1) is 47.4. The summed E-state index contributed by atoms with van der Waals surface area (Å²) in [6.07, 6.45) is -14.5. The van der Waals surface area contributed by atoms with Gasteiger partial charge in [0.05, 0.1) is 45.7 Å². The number of ether oxygens (including phenoxy) is 8. The van der Waals surface area contributed by atoms with Crippen molar-refractivity contribution in [2.75, 3.05) is 6.61 Å². The quantitative estimate of drug-likeness (QED) is 0.0608. The molecule has 342 valence electrons. The Morgan fingerprint density at radius 2 is 0.891 bits per heavy atom. The largest absolute Gasteiger partial charge is 0.523 e. The van der Waals surface area contributed by atoms with Gasteiger partial charge in [-0.3, -0.25) is 4.18 Å². The molecule has 0 bridgehead atoms. The molecule has 2 heterocycles. The van der Waals surface area contributed by atoms with E-state index in [2.05, 4.69) is 0 Å². The van der Waals surface area contributed by atoms with Crippen LogP contribution in [0.2, 0.25) is 0 Å². The lowest BCUT2D eigenvalue weighted by Crippen LogP contribution is -2.66. The van der Waals surface area contributed by atoms with Gasteiger partial charge in [0.25, 0.3) is 0 Å². The van der Waals surface area contributed by atoms with Crippen molar-refractivity contribution in [1.29, 1.82) is 0 Å². The monoisotopic (exact) mass is 908 g/mol. The van der Waals surface area contributed by atoms with Crippen LogP contribution in [0.4, 0.5) is 13.2 Å². The second-order valence-corrected chi connectivity index (χ2v) is 16.9. The average molecular weight is 909 g/mol. The highest BCUT2D eigenvalue weighted by Gasteiger charge is 2.58. The van der Waals surface area contributed by atoms with Gasteiger partial charge in [-0.2, -0.15) is 21.6 Å². The summed E-state index contributed by atoms with van der Waals surface area (Å²) in [4.78, 5) is 0. The number of halogens is 3. The molecule has 0 radical (unpaired) electrons. The second kappa shape index (κ2) is 22.6. The number of aliphatic hydroxyl groups is 1. The predicted octanol–water partition coefficient (Wildman–Crippen LogP) is 7.63. The fourth-order valence-electron chi connectivity index (χ4n) is 7.46. The van der Waals surface area contributed by atoms with Crippen LogP contribution >= 0.6 is 0 Å². The van der Waals surface area contributed by atoms with Crippen molar-refractivity contribution in [3.05, 3.63) is 179 Å². The second-order valence-electron chi connectivity index (χ2n) is 15.4. The maximum Gasteiger partial charge on any atom is 0.523 e. The van der Waals surface area contributed by atoms with Crippen molar-refractivity contribution in [2.24, 2.45) is 0 Å². The fourth-order valence-corrected chi connectivity index (χ4v) is 8.06. The Bertz CT molecular complexity index is 2230. The van der Waals surface area contributed by atoms with Crippen LogP contribution in [-0.4, -0.2) is 87.1 Å². The number of hydrogen-bond donors (Lipinski definition) is 1. The van der Waals surface area contributed by atoms with Crippen molar-refractivity contribution in [3.8, 4) is 0 Å². The molecule has 12 nitrogen and oxygen atoms in total. The third-order valence-electron chi connectivity index (χ3n) is 10.7. The summed E-state index contributed by atoms with van der Waals surface area (Å²) in [5.41, 5.74) is -2.16. The SMILES string of the molecule is C[C@@H]1O[C@@H](O)[C@H](O[C@@H]2O[C@H](COCc3ccccc3)[C@@H](OCc3ccccc3)[C@H](OCc3ccccc3)[C@H]2OS(=O)(=O)C(F)(F)F)[C@H](OCc2ccccc2)[C@H]1OCc1ccccc1. The van der Waals surface area contributed by atoms with Crippen molar-refractivity contribution in [3.63, 3.8) is 0 Å². The number of alkyl halides is 3. The third kappa shape index (κ3) is 12.8. The molecule has 1 N–H and O–H groups in total. The van der Waals surface area contributed by atoms with Gasteiger partial charge in [-0.25, -0.2) is 0 Å². The van der Waals surface area contributed by atoms with E-state index in [1.807, 2.05) is 97.1 Å². The number of rotatable bonds is 20. The van der Waals surface area contributed by atoms with Crippen LogP contribution in [-0.2, 0) is 85.2 Å². The summed E-state index contributed by atoms with van der Waals surface area (Å²) in [6.45, 7) is 1.36. The standard InChI is InChI=1S/C48H51F3O12S/c1-33-40(56-28-35-19-9-3-10-20-35)42(58-30-37-23-13-5-14-24-37)44(46(52)60-33)62-47-45(63-64(53,54)48(49,50)51)43(59-31-38-25-15-6-16-26-38)41(57-29-36-21-11-4-12-22-36)39(61-47)32-55-27-34-17-7-2-8-18-34/h2-26,33,39-47,52H,27-32H2,1H3/t33-,39+,40-,41+,42+,43-,44+,45+,46+,47-/m0/s1. The minimum Gasteiger partial charge on any atom is -0.374 e.